The Bertz CT molecular complexity index is 252. The number of hydrogen-bond donors (Lipinski definition) is 0. The van der Waals surface area contributed by atoms with Crippen LogP contribution in [0, 0.1) is 36.1 Å². The molecule has 1 nitrogen and oxygen atoms in total. The minimum Gasteiger partial charge on any atom is -0.358 e. The Kier molecular flexibility index (Phi) is 3.13. The van der Waals surface area contributed by atoms with Gasteiger partial charge in [-0.25, -0.2) is 5.92 Å². The first kappa shape index (κ1) is 8.64. The topological polar surface area (TPSA) is 0 Å². The molecule has 0 saturated carbocycles. The van der Waals surface area contributed by atoms with Gasteiger partial charge in [0.2, 0.25) is 0 Å². The van der Waals surface area contributed by atoms with E-state index in [1.807, 2.05) is 27.1 Å². The van der Waals surface area contributed by atoms with E-state index in [0.29, 0.717) is 4.48 Å². The van der Waals surface area contributed by atoms with Gasteiger partial charge in [0.15, 0.2) is 0 Å². The van der Waals surface area contributed by atoms with Gasteiger partial charge in [0.25, 0.3) is 0 Å². The maximum atomic E-state index is 6.44. The van der Waals surface area contributed by atoms with Crippen molar-refractivity contribution in [3.8, 4) is 29.7 Å². The van der Waals surface area contributed by atoms with Crippen LogP contribution in [0.4, 0.5) is 0 Å². The van der Waals surface area contributed by atoms with Gasteiger partial charge in [-0.15, -0.1) is 5.92 Å². The zero-order chi connectivity index (χ0) is 8.04. The predicted molar refractivity (Wildman–Crippen MR) is 40.7 cm³/mol. The first-order chi connectivity index (χ1) is 4.56. The summed E-state index contributed by atoms with van der Waals surface area (Å²) in [5, 5.41) is 0. The molecule has 0 rings (SSSR count). The van der Waals surface area contributed by atoms with Gasteiger partial charge in [-0.05, 0) is 0 Å². The molecule has 0 aromatic carbocycles. The molecule has 10 heavy (non-hydrogen) atoms. The summed E-state index contributed by atoms with van der Waals surface area (Å²) in [6.45, 7) is 0. The maximum Gasteiger partial charge on any atom is 0.149 e. The maximum absolute atomic E-state index is 6.44. The third-order valence-electron chi connectivity index (χ3n) is 0.579. The number of nitrogens with zero attached hydrogens (tertiary/aromatic N) is 1. The van der Waals surface area contributed by atoms with E-state index in [2.05, 4.69) is 23.8 Å². The van der Waals surface area contributed by atoms with E-state index in [1.165, 1.54) is 0 Å². The molecule has 0 aliphatic carbocycles. The van der Waals surface area contributed by atoms with Crippen molar-refractivity contribution in [3.63, 3.8) is 0 Å². The van der Waals surface area contributed by atoms with Crippen LogP contribution in [0.3, 0.4) is 0 Å². The van der Waals surface area contributed by atoms with Crippen molar-refractivity contribution < 1.29 is 4.48 Å². The summed E-state index contributed by atoms with van der Waals surface area (Å²) < 4.78 is 0.562. The Labute approximate surface area is 62.6 Å². The van der Waals surface area contributed by atoms with Crippen molar-refractivity contribution in [1.82, 2.24) is 0 Å². The largest absolute Gasteiger partial charge is 0.358 e. The SMILES string of the molecule is [C-]#CC#CC#C[N+](C)(C)C. The van der Waals surface area contributed by atoms with Gasteiger partial charge in [0, 0.05) is 5.92 Å². The molecule has 0 atom stereocenters. The Morgan fingerprint density at radius 2 is 1.60 bits per heavy atom. The molecular weight excluding hydrogens is 122 g/mol. The van der Waals surface area contributed by atoms with Crippen LogP contribution in [0.2, 0.25) is 0 Å². The minimum atomic E-state index is 0.562. The zero-order valence-corrected chi connectivity index (χ0v) is 6.45. The van der Waals surface area contributed by atoms with Crippen LogP contribution in [0.15, 0.2) is 0 Å². The second-order valence-electron chi connectivity index (χ2n) is 2.62. The summed E-state index contributed by atoms with van der Waals surface area (Å²) in [7, 11) is 5.84. The summed E-state index contributed by atoms with van der Waals surface area (Å²) in [6.07, 6.45) is 6.44. The lowest BCUT2D eigenvalue weighted by Gasteiger charge is -2.11. The molecule has 1 heteroatoms. The van der Waals surface area contributed by atoms with Crippen LogP contribution in [-0.4, -0.2) is 25.6 Å². The molecule has 0 radical (unpaired) electrons. The molecule has 0 aliphatic heterocycles. The van der Waals surface area contributed by atoms with Crippen molar-refractivity contribution in [3.05, 3.63) is 6.42 Å². The number of hydrogen-bond acceptors (Lipinski definition) is 0. The van der Waals surface area contributed by atoms with Crippen molar-refractivity contribution in [1.29, 1.82) is 0 Å². The second-order valence-corrected chi connectivity index (χ2v) is 2.62. The van der Waals surface area contributed by atoms with E-state index in [1.54, 1.807) is 0 Å². The van der Waals surface area contributed by atoms with Gasteiger partial charge in [-0.1, -0.05) is 0 Å². The summed E-state index contributed by atoms with van der Waals surface area (Å²) in [4.78, 5) is 0. The fourth-order valence-corrected chi connectivity index (χ4v) is 0.258. The average molecular weight is 131 g/mol. The highest BCUT2D eigenvalue weighted by atomic mass is 15.3. The van der Waals surface area contributed by atoms with Crippen LogP contribution < -0.4 is 0 Å². The van der Waals surface area contributed by atoms with E-state index in [9.17, 15) is 0 Å². The molecule has 0 aromatic heterocycles. The molecule has 0 spiro atoms. The molecule has 0 unspecified atom stereocenters. The number of rotatable bonds is 0. The van der Waals surface area contributed by atoms with E-state index in [-0.39, 0.29) is 0 Å². The van der Waals surface area contributed by atoms with Gasteiger partial charge in [0.05, 0.1) is 21.1 Å². The lowest BCUT2D eigenvalue weighted by atomic mass is 10.5. The summed E-state index contributed by atoms with van der Waals surface area (Å²) in [5.41, 5.74) is 0. The summed E-state index contributed by atoms with van der Waals surface area (Å²) in [5.74, 6) is 9.31. The van der Waals surface area contributed by atoms with E-state index in [0.717, 1.165) is 0 Å². The van der Waals surface area contributed by atoms with E-state index >= 15 is 0 Å². The molecule has 0 aromatic rings. The highest BCUT2D eigenvalue weighted by molar-refractivity contribution is 5.31. The van der Waals surface area contributed by atoms with Gasteiger partial charge in [-0.3, -0.25) is 10.4 Å². The lowest BCUT2D eigenvalue weighted by Crippen LogP contribution is -2.27. The first-order valence-electron chi connectivity index (χ1n) is 2.82. The van der Waals surface area contributed by atoms with Crippen LogP contribution in [0.5, 0.6) is 0 Å². The van der Waals surface area contributed by atoms with Crippen LogP contribution in [-0.2, 0) is 0 Å². The van der Waals surface area contributed by atoms with Crippen molar-refractivity contribution in [2.24, 2.45) is 0 Å². The molecule has 0 saturated heterocycles. The van der Waals surface area contributed by atoms with Gasteiger partial charge in [-0.2, -0.15) is 0 Å². The standard InChI is InChI=1S/C9H9N/c1-5-6-7-8-9-10(2,3)4/h2-4H3. The van der Waals surface area contributed by atoms with Crippen molar-refractivity contribution in [2.45, 2.75) is 0 Å². The molecule has 0 bridgehead atoms. The summed E-state index contributed by atoms with van der Waals surface area (Å²) >= 11 is 0. The molecule has 0 fully saturated rings. The number of quaternary nitrogens is 1. The molecule has 0 amide bonds. The molecular formula is C9H9N. The highest BCUT2D eigenvalue weighted by Crippen LogP contribution is 1.81. The van der Waals surface area contributed by atoms with E-state index in [4.69, 9.17) is 6.42 Å². The normalized spacial score (nSPS) is 7.80. The molecule has 0 aliphatic rings. The third kappa shape index (κ3) is 6.64. The van der Waals surface area contributed by atoms with Crippen molar-refractivity contribution >= 4 is 0 Å². The van der Waals surface area contributed by atoms with Crippen LogP contribution in [0.25, 0.3) is 0 Å². The predicted octanol–water partition coefficient (Wildman–Crippen LogP) is 0.247. The Hall–Kier alpha value is -1.36. The monoisotopic (exact) mass is 131 g/mol. The van der Waals surface area contributed by atoms with E-state index < -0.39 is 0 Å². The van der Waals surface area contributed by atoms with Crippen molar-refractivity contribution in [2.75, 3.05) is 21.1 Å². The minimum absolute atomic E-state index is 0.562. The Balaban J connectivity index is 4.10. The third-order valence-corrected chi connectivity index (χ3v) is 0.579. The fraction of sp³-hybridized carbons (Fsp3) is 0.333. The average Bonchev–Trinajstić information content (AvgIpc) is 1.78. The zero-order valence-electron chi connectivity index (χ0n) is 6.45. The molecule has 0 N–H and O–H groups in total. The highest BCUT2D eigenvalue weighted by Gasteiger charge is 1.97. The fourth-order valence-electron chi connectivity index (χ4n) is 0.258. The second kappa shape index (κ2) is 3.62. The smallest absolute Gasteiger partial charge is 0.149 e. The molecule has 0 heterocycles. The quantitative estimate of drug-likeness (QED) is 0.251. The first-order valence-corrected chi connectivity index (χ1v) is 2.82. The van der Waals surface area contributed by atoms with Crippen LogP contribution >= 0.6 is 0 Å². The Morgan fingerprint density at radius 3 is 2.00 bits per heavy atom. The summed E-state index contributed by atoms with van der Waals surface area (Å²) in [6, 6.07) is 2.85. The van der Waals surface area contributed by atoms with Gasteiger partial charge >= 0.3 is 0 Å². The van der Waals surface area contributed by atoms with Gasteiger partial charge in [0.1, 0.15) is 6.04 Å². The lowest BCUT2D eigenvalue weighted by molar-refractivity contribution is -0.800. The van der Waals surface area contributed by atoms with Gasteiger partial charge < -0.3 is 6.42 Å². The Morgan fingerprint density at radius 1 is 1.00 bits per heavy atom. The molecule has 50 valence electrons. The van der Waals surface area contributed by atoms with Crippen LogP contribution in [0.1, 0.15) is 0 Å².